The molecule has 3 aromatic rings. The Balaban J connectivity index is 1.36. The van der Waals surface area contributed by atoms with Gasteiger partial charge in [0, 0.05) is 29.9 Å². The lowest BCUT2D eigenvalue weighted by Crippen LogP contribution is -2.31. The molecule has 168 valence electrons. The predicted octanol–water partition coefficient (Wildman–Crippen LogP) is 6.08. The second-order valence-electron chi connectivity index (χ2n) is 9.58. The summed E-state index contributed by atoms with van der Waals surface area (Å²) in [6, 6.07) is 14.9. The van der Waals surface area contributed by atoms with Gasteiger partial charge in [0.2, 0.25) is 0 Å². The van der Waals surface area contributed by atoms with Crippen LogP contribution in [0.25, 0.3) is 17.1 Å². The monoisotopic (exact) mass is 437 g/mol. The third-order valence-electron chi connectivity index (χ3n) is 7.49. The zero-order chi connectivity index (χ0) is 22.9. The average Bonchev–Trinajstić information content (AvgIpc) is 3.24. The Morgan fingerprint density at radius 3 is 2.33 bits per heavy atom. The lowest BCUT2D eigenvalue weighted by molar-refractivity contribution is 0.299. The van der Waals surface area contributed by atoms with Crippen LogP contribution in [0.4, 0.5) is 0 Å². The van der Waals surface area contributed by atoms with Crippen LogP contribution in [0.2, 0.25) is 0 Å². The maximum absolute atomic E-state index is 9.05. The Hall–Kier alpha value is -3.39. The highest BCUT2D eigenvalue weighted by atomic mass is 15.2. The molecule has 2 aliphatic rings. The highest BCUT2D eigenvalue weighted by Gasteiger charge is 2.27. The number of nitriles is 1. The number of piperidine rings is 1. The first kappa shape index (κ1) is 21.5. The summed E-state index contributed by atoms with van der Waals surface area (Å²) in [6.45, 7) is 10.7. The van der Waals surface area contributed by atoms with Crippen molar-refractivity contribution in [3.05, 3.63) is 76.6 Å². The van der Waals surface area contributed by atoms with Crippen LogP contribution in [0.5, 0.6) is 0 Å². The van der Waals surface area contributed by atoms with E-state index in [1.54, 1.807) is 0 Å². The SMILES string of the molecule is C=C(c1cc(-c2nnc(C)[nH]2)c(C2CCC2)cc1C)N1CCC(c2ccc(C#N)cc2)CC1. The number of aromatic nitrogens is 3. The van der Waals surface area contributed by atoms with Crippen molar-refractivity contribution in [2.24, 2.45) is 0 Å². The van der Waals surface area contributed by atoms with Gasteiger partial charge in [0.15, 0.2) is 5.82 Å². The Morgan fingerprint density at radius 1 is 1.03 bits per heavy atom. The van der Waals surface area contributed by atoms with Gasteiger partial charge >= 0.3 is 0 Å². The molecule has 1 aliphatic carbocycles. The van der Waals surface area contributed by atoms with Crippen molar-refractivity contribution >= 4 is 5.70 Å². The summed E-state index contributed by atoms with van der Waals surface area (Å²) in [5.74, 6) is 2.87. The van der Waals surface area contributed by atoms with Crippen LogP contribution in [0.3, 0.4) is 0 Å². The first-order chi connectivity index (χ1) is 16.0. The number of benzene rings is 2. The number of rotatable bonds is 5. The highest BCUT2D eigenvalue weighted by Crippen LogP contribution is 2.43. The molecule has 1 aliphatic heterocycles. The van der Waals surface area contributed by atoms with E-state index in [2.05, 4.69) is 63.9 Å². The number of nitrogens with one attached hydrogen (secondary N) is 1. The third-order valence-corrected chi connectivity index (χ3v) is 7.49. The Bertz CT molecular complexity index is 1200. The molecule has 1 aromatic heterocycles. The largest absolute Gasteiger partial charge is 0.371 e. The van der Waals surface area contributed by atoms with Gasteiger partial charge in [0.1, 0.15) is 5.82 Å². The van der Waals surface area contributed by atoms with Crippen LogP contribution < -0.4 is 0 Å². The van der Waals surface area contributed by atoms with Gasteiger partial charge in [-0.05, 0) is 86.3 Å². The van der Waals surface area contributed by atoms with Gasteiger partial charge in [-0.1, -0.05) is 31.2 Å². The molecule has 1 N–H and O–H groups in total. The van der Waals surface area contributed by atoms with E-state index in [0.29, 0.717) is 11.8 Å². The summed E-state index contributed by atoms with van der Waals surface area (Å²) in [4.78, 5) is 5.78. The molecule has 2 fully saturated rings. The Kier molecular flexibility index (Phi) is 5.76. The summed E-state index contributed by atoms with van der Waals surface area (Å²) in [5, 5.41) is 17.7. The van der Waals surface area contributed by atoms with Crippen molar-refractivity contribution < 1.29 is 0 Å². The molecule has 2 heterocycles. The summed E-state index contributed by atoms with van der Waals surface area (Å²) < 4.78 is 0. The number of hydrogen-bond donors (Lipinski definition) is 1. The third kappa shape index (κ3) is 4.18. The maximum Gasteiger partial charge on any atom is 0.161 e. The van der Waals surface area contributed by atoms with Crippen LogP contribution in [-0.4, -0.2) is 33.2 Å². The molecule has 5 rings (SSSR count). The number of hydrogen-bond acceptors (Lipinski definition) is 4. The van der Waals surface area contributed by atoms with Crippen LogP contribution in [0.15, 0.2) is 43.0 Å². The van der Waals surface area contributed by atoms with Crippen LogP contribution >= 0.6 is 0 Å². The minimum Gasteiger partial charge on any atom is -0.371 e. The van der Waals surface area contributed by atoms with E-state index in [1.807, 2.05) is 19.1 Å². The second-order valence-corrected chi connectivity index (χ2v) is 9.58. The molecule has 0 atom stereocenters. The Morgan fingerprint density at radius 2 is 1.76 bits per heavy atom. The molecule has 0 radical (unpaired) electrons. The maximum atomic E-state index is 9.05. The van der Waals surface area contributed by atoms with Gasteiger partial charge in [0.25, 0.3) is 0 Å². The molecule has 0 spiro atoms. The fourth-order valence-corrected chi connectivity index (χ4v) is 5.25. The van der Waals surface area contributed by atoms with E-state index >= 15 is 0 Å². The predicted molar refractivity (Wildman–Crippen MR) is 132 cm³/mol. The fourth-order valence-electron chi connectivity index (χ4n) is 5.25. The smallest absolute Gasteiger partial charge is 0.161 e. The topological polar surface area (TPSA) is 68.6 Å². The molecular weight excluding hydrogens is 406 g/mol. The van der Waals surface area contributed by atoms with Crippen molar-refractivity contribution in [3.8, 4) is 17.5 Å². The first-order valence-electron chi connectivity index (χ1n) is 12.0. The molecule has 1 saturated carbocycles. The minimum atomic E-state index is 0.539. The van der Waals surface area contributed by atoms with Crippen molar-refractivity contribution in [1.82, 2.24) is 20.1 Å². The Labute approximate surface area is 196 Å². The van der Waals surface area contributed by atoms with Crippen molar-refractivity contribution in [1.29, 1.82) is 5.26 Å². The number of aromatic amines is 1. The zero-order valence-electron chi connectivity index (χ0n) is 19.6. The van der Waals surface area contributed by atoms with E-state index in [-0.39, 0.29) is 0 Å². The van der Waals surface area contributed by atoms with E-state index in [0.717, 1.165) is 48.8 Å². The number of aryl methyl sites for hydroxylation is 2. The van der Waals surface area contributed by atoms with E-state index in [1.165, 1.54) is 47.1 Å². The van der Waals surface area contributed by atoms with Gasteiger partial charge in [-0.15, -0.1) is 10.2 Å². The lowest BCUT2D eigenvalue weighted by atomic mass is 9.77. The second kappa shape index (κ2) is 8.86. The van der Waals surface area contributed by atoms with Crippen molar-refractivity contribution in [2.45, 2.75) is 57.8 Å². The van der Waals surface area contributed by atoms with Crippen LogP contribution in [0.1, 0.15) is 77.6 Å². The number of likely N-dealkylation sites (tertiary alicyclic amines) is 1. The average molecular weight is 438 g/mol. The normalized spacial score (nSPS) is 16.9. The van der Waals surface area contributed by atoms with Crippen LogP contribution in [0, 0.1) is 25.2 Å². The van der Waals surface area contributed by atoms with Gasteiger partial charge in [0.05, 0.1) is 11.6 Å². The van der Waals surface area contributed by atoms with E-state index in [4.69, 9.17) is 5.26 Å². The van der Waals surface area contributed by atoms with E-state index < -0.39 is 0 Å². The van der Waals surface area contributed by atoms with Gasteiger partial charge < -0.3 is 9.88 Å². The summed E-state index contributed by atoms with van der Waals surface area (Å²) >= 11 is 0. The molecule has 0 unspecified atom stereocenters. The summed E-state index contributed by atoms with van der Waals surface area (Å²) in [5.41, 5.74) is 8.23. The minimum absolute atomic E-state index is 0.539. The molecule has 1 saturated heterocycles. The zero-order valence-corrected chi connectivity index (χ0v) is 19.6. The van der Waals surface area contributed by atoms with Gasteiger partial charge in [-0.25, -0.2) is 0 Å². The fraction of sp³-hybridized carbons (Fsp3) is 0.393. The molecule has 0 amide bonds. The molecule has 33 heavy (non-hydrogen) atoms. The number of H-pyrrole nitrogens is 1. The summed E-state index contributed by atoms with van der Waals surface area (Å²) in [6.07, 6.45) is 6.00. The van der Waals surface area contributed by atoms with Gasteiger partial charge in [-0.3, -0.25) is 0 Å². The molecule has 5 nitrogen and oxygen atoms in total. The van der Waals surface area contributed by atoms with Gasteiger partial charge in [-0.2, -0.15) is 5.26 Å². The van der Waals surface area contributed by atoms with E-state index in [9.17, 15) is 0 Å². The first-order valence-corrected chi connectivity index (χ1v) is 12.0. The lowest BCUT2D eigenvalue weighted by Gasteiger charge is -2.36. The molecular formula is C28H31N5. The quantitative estimate of drug-likeness (QED) is 0.525. The number of nitrogens with zero attached hydrogens (tertiary/aromatic N) is 4. The molecule has 2 aromatic carbocycles. The summed E-state index contributed by atoms with van der Waals surface area (Å²) in [7, 11) is 0. The van der Waals surface area contributed by atoms with Crippen molar-refractivity contribution in [3.63, 3.8) is 0 Å². The molecule has 0 bridgehead atoms. The molecule has 5 heteroatoms. The standard InChI is InChI=1S/C28H31N5/c1-18-15-26(24-5-4-6-24)27(28-30-20(3)31-32-28)16-25(18)19(2)33-13-11-23(12-14-33)22-9-7-21(17-29)8-10-22/h7-10,15-16,23-24H,2,4-6,11-14H2,1,3H3,(H,30,31,32). The highest BCUT2D eigenvalue weighted by molar-refractivity contribution is 5.73. The van der Waals surface area contributed by atoms with Crippen molar-refractivity contribution in [2.75, 3.05) is 13.1 Å². The van der Waals surface area contributed by atoms with Crippen LogP contribution in [-0.2, 0) is 0 Å².